The van der Waals surface area contributed by atoms with Crippen LogP contribution in [0.25, 0.3) is 22.1 Å². The van der Waals surface area contributed by atoms with Gasteiger partial charge < -0.3 is 14.3 Å². The van der Waals surface area contributed by atoms with Crippen LogP contribution in [0.2, 0.25) is 5.02 Å². The van der Waals surface area contributed by atoms with Gasteiger partial charge in [-0.1, -0.05) is 48.0 Å². The van der Waals surface area contributed by atoms with E-state index < -0.39 is 17.7 Å². The van der Waals surface area contributed by atoms with Gasteiger partial charge in [-0.15, -0.1) is 0 Å². The number of carboxylic acids is 1. The van der Waals surface area contributed by atoms with E-state index in [1.165, 1.54) is 6.07 Å². The van der Waals surface area contributed by atoms with Crippen molar-refractivity contribution in [1.82, 2.24) is 0 Å². The number of hydrogen-bond acceptors (Lipinski definition) is 4. The van der Waals surface area contributed by atoms with Crippen LogP contribution in [0.1, 0.15) is 17.5 Å². The van der Waals surface area contributed by atoms with Gasteiger partial charge >= 0.3 is 11.6 Å². The zero-order valence-electron chi connectivity index (χ0n) is 17.4. The van der Waals surface area contributed by atoms with Crippen LogP contribution in [0.15, 0.2) is 82.0 Å². The molecule has 162 valence electrons. The summed E-state index contributed by atoms with van der Waals surface area (Å²) in [6.07, 6.45) is -0.130. The predicted molar refractivity (Wildman–Crippen MR) is 124 cm³/mol. The molecule has 1 N–H and O–H groups in total. The van der Waals surface area contributed by atoms with E-state index in [-0.39, 0.29) is 0 Å². The van der Waals surface area contributed by atoms with Gasteiger partial charge in [-0.05, 0) is 72.4 Å². The highest BCUT2D eigenvalue weighted by molar-refractivity contribution is 6.30. The molecule has 1 aromatic heterocycles. The molecule has 0 aliphatic carbocycles. The number of hydrogen-bond donors (Lipinski definition) is 1. The molecule has 32 heavy (non-hydrogen) atoms. The largest absolute Gasteiger partial charge is 0.479 e. The first kappa shape index (κ1) is 21.7. The summed E-state index contributed by atoms with van der Waals surface area (Å²) in [4.78, 5) is 23.3. The first-order valence-corrected chi connectivity index (χ1v) is 10.6. The van der Waals surface area contributed by atoms with Crippen molar-refractivity contribution >= 4 is 28.5 Å². The summed E-state index contributed by atoms with van der Waals surface area (Å²) < 4.78 is 10.9. The number of rotatable bonds is 7. The maximum atomic E-state index is 11.8. The van der Waals surface area contributed by atoms with Crippen molar-refractivity contribution in [3.63, 3.8) is 0 Å². The lowest BCUT2D eigenvalue weighted by Crippen LogP contribution is -2.27. The van der Waals surface area contributed by atoms with E-state index in [9.17, 15) is 14.7 Å². The van der Waals surface area contributed by atoms with Gasteiger partial charge in [0.25, 0.3) is 0 Å². The molecule has 0 bridgehead atoms. The summed E-state index contributed by atoms with van der Waals surface area (Å²) in [7, 11) is 0. The minimum Gasteiger partial charge on any atom is -0.479 e. The lowest BCUT2D eigenvalue weighted by atomic mass is 10.0. The van der Waals surface area contributed by atoms with Gasteiger partial charge in [0.2, 0.25) is 0 Å². The molecule has 0 aliphatic heterocycles. The number of aryl methyl sites for hydroxylation is 2. The zero-order valence-corrected chi connectivity index (χ0v) is 18.1. The van der Waals surface area contributed by atoms with Gasteiger partial charge in [0.05, 0.1) is 0 Å². The first-order chi connectivity index (χ1) is 15.4. The molecular weight excluding hydrogens is 428 g/mol. The van der Waals surface area contributed by atoms with Gasteiger partial charge in [-0.2, -0.15) is 0 Å². The minimum absolute atomic E-state index is 0.316. The van der Waals surface area contributed by atoms with Crippen molar-refractivity contribution in [2.24, 2.45) is 0 Å². The van der Waals surface area contributed by atoms with Gasteiger partial charge in [0.15, 0.2) is 6.10 Å². The second-order valence-electron chi connectivity index (χ2n) is 7.59. The second-order valence-corrected chi connectivity index (χ2v) is 8.03. The number of halogens is 1. The molecule has 1 unspecified atom stereocenters. The second kappa shape index (κ2) is 9.28. The molecule has 4 rings (SSSR count). The Kier molecular flexibility index (Phi) is 6.28. The molecule has 1 atom stereocenters. The SMILES string of the molecule is Cc1cc(=O)oc2ccc(OC(CCc3ccc(-c4ccc(Cl)cc4)cc3)C(=O)O)cc12. The Hall–Kier alpha value is -3.57. The standard InChI is InChI=1S/C26H21ClO5/c1-16-14-25(28)32-23-13-11-21(15-22(16)23)31-24(26(29)30)12-4-17-2-5-18(6-3-17)19-7-9-20(27)10-8-19/h2-3,5-11,13-15,24H,4,12H2,1H3,(H,29,30). The van der Waals surface area contributed by atoms with Crippen LogP contribution < -0.4 is 10.4 Å². The molecule has 0 saturated heterocycles. The summed E-state index contributed by atoms with van der Waals surface area (Å²) in [5.41, 5.74) is 3.91. The highest BCUT2D eigenvalue weighted by atomic mass is 35.5. The zero-order chi connectivity index (χ0) is 22.7. The van der Waals surface area contributed by atoms with Crippen molar-refractivity contribution in [3.8, 4) is 16.9 Å². The van der Waals surface area contributed by atoms with E-state index in [1.807, 2.05) is 48.5 Å². The Bertz CT molecular complexity index is 1310. The lowest BCUT2D eigenvalue weighted by molar-refractivity contribution is -0.145. The smallest absolute Gasteiger partial charge is 0.344 e. The van der Waals surface area contributed by atoms with E-state index in [4.69, 9.17) is 20.8 Å². The predicted octanol–water partition coefficient (Wildman–Crippen LogP) is 5.89. The fraction of sp³-hybridized carbons (Fsp3) is 0.154. The van der Waals surface area contributed by atoms with Crippen LogP contribution in [0.5, 0.6) is 5.75 Å². The van der Waals surface area contributed by atoms with Crippen molar-refractivity contribution < 1.29 is 19.1 Å². The van der Waals surface area contributed by atoms with Crippen LogP contribution in [-0.2, 0) is 11.2 Å². The summed E-state index contributed by atoms with van der Waals surface area (Å²) in [6.45, 7) is 1.80. The van der Waals surface area contributed by atoms with Gasteiger partial charge in [-0.25, -0.2) is 9.59 Å². The molecule has 4 aromatic rings. The fourth-order valence-corrected chi connectivity index (χ4v) is 3.70. The summed E-state index contributed by atoms with van der Waals surface area (Å²) in [5, 5.41) is 11.0. The quantitative estimate of drug-likeness (QED) is 0.357. The fourth-order valence-electron chi connectivity index (χ4n) is 3.57. The van der Waals surface area contributed by atoms with E-state index in [1.54, 1.807) is 25.1 Å². The Balaban J connectivity index is 1.45. The maximum absolute atomic E-state index is 11.8. The molecule has 3 aromatic carbocycles. The summed E-state index contributed by atoms with van der Waals surface area (Å²) >= 11 is 5.94. The third-order valence-corrected chi connectivity index (χ3v) is 5.55. The molecule has 0 radical (unpaired) electrons. The maximum Gasteiger partial charge on any atom is 0.344 e. The number of benzene rings is 3. The number of carbonyl (C=O) groups is 1. The number of ether oxygens (including phenoxy) is 1. The molecule has 0 amide bonds. The van der Waals surface area contributed by atoms with Crippen LogP contribution in [-0.4, -0.2) is 17.2 Å². The minimum atomic E-state index is -1.03. The molecule has 0 aliphatic rings. The number of fused-ring (bicyclic) bond motifs is 1. The molecule has 0 spiro atoms. The van der Waals surface area contributed by atoms with Crippen LogP contribution >= 0.6 is 11.6 Å². The average molecular weight is 449 g/mol. The lowest BCUT2D eigenvalue weighted by Gasteiger charge is -2.16. The van der Waals surface area contributed by atoms with Crippen molar-refractivity contribution in [2.45, 2.75) is 25.9 Å². The first-order valence-electron chi connectivity index (χ1n) is 10.2. The van der Waals surface area contributed by atoms with Gasteiger partial charge in [0, 0.05) is 16.5 Å². The van der Waals surface area contributed by atoms with Crippen LogP contribution in [0, 0.1) is 6.92 Å². The Morgan fingerprint density at radius 1 is 1.00 bits per heavy atom. The normalized spacial score (nSPS) is 11.9. The van der Waals surface area contributed by atoms with Crippen molar-refractivity contribution in [2.75, 3.05) is 0 Å². The summed E-state index contributed by atoms with van der Waals surface area (Å²) in [6, 6.07) is 21.9. The molecular formula is C26H21ClO5. The van der Waals surface area contributed by atoms with E-state index >= 15 is 0 Å². The number of aliphatic carboxylic acids is 1. The van der Waals surface area contributed by atoms with Gasteiger partial charge in [0.1, 0.15) is 11.3 Å². The average Bonchev–Trinajstić information content (AvgIpc) is 2.77. The molecule has 0 fully saturated rings. The number of carboxylic acid groups (broad SMARTS) is 1. The summed E-state index contributed by atoms with van der Waals surface area (Å²) in [5.74, 6) is -0.612. The topological polar surface area (TPSA) is 76.7 Å². The third kappa shape index (κ3) is 5.01. The Morgan fingerprint density at radius 2 is 1.66 bits per heavy atom. The molecule has 6 heteroatoms. The van der Waals surface area contributed by atoms with Crippen LogP contribution in [0.3, 0.4) is 0 Å². The molecule has 5 nitrogen and oxygen atoms in total. The van der Waals surface area contributed by atoms with Crippen molar-refractivity contribution in [1.29, 1.82) is 0 Å². The third-order valence-electron chi connectivity index (χ3n) is 5.30. The van der Waals surface area contributed by atoms with E-state index in [2.05, 4.69) is 0 Å². The van der Waals surface area contributed by atoms with E-state index in [0.29, 0.717) is 34.6 Å². The molecule has 1 heterocycles. The Morgan fingerprint density at radius 3 is 2.31 bits per heavy atom. The highest BCUT2D eigenvalue weighted by Crippen LogP contribution is 2.25. The van der Waals surface area contributed by atoms with Crippen molar-refractivity contribution in [3.05, 3.63) is 99.4 Å². The van der Waals surface area contributed by atoms with Crippen LogP contribution in [0.4, 0.5) is 0 Å². The Labute approximate surface area is 189 Å². The van der Waals surface area contributed by atoms with E-state index in [0.717, 1.165) is 22.3 Å². The monoisotopic (exact) mass is 448 g/mol. The molecule has 0 saturated carbocycles. The van der Waals surface area contributed by atoms with Gasteiger partial charge in [-0.3, -0.25) is 0 Å². The highest BCUT2D eigenvalue weighted by Gasteiger charge is 2.20.